The normalized spacial score (nSPS) is 13.0. The van der Waals surface area contributed by atoms with Crippen LogP contribution in [0.2, 0.25) is 0 Å². The monoisotopic (exact) mass is 529 g/mol. The average molecular weight is 530 g/mol. The van der Waals surface area contributed by atoms with Gasteiger partial charge in [0.25, 0.3) is 0 Å². The summed E-state index contributed by atoms with van der Waals surface area (Å²) in [6.07, 6.45) is 2.42. The van der Waals surface area contributed by atoms with Gasteiger partial charge in [-0.3, -0.25) is 0 Å². The molecule has 3 aromatic rings. The molecule has 3 rings (SSSR count). The van der Waals surface area contributed by atoms with Crippen LogP contribution in [0.5, 0.6) is 0 Å². The predicted molar refractivity (Wildman–Crippen MR) is 140 cm³/mol. The number of unbranched alkanes of at least 4 members (excludes halogenated alkanes) is 1. The van der Waals surface area contributed by atoms with Gasteiger partial charge in [0, 0.05) is 0 Å². The molecular weight excluding hydrogens is 498 g/mol. The van der Waals surface area contributed by atoms with Gasteiger partial charge in [-0.25, -0.2) is 23.6 Å². The minimum absolute atomic E-state index is 0.0775. The summed E-state index contributed by atoms with van der Waals surface area (Å²) >= 11 is 1.07. The number of nitrogens with one attached hydrogen (secondary N) is 2. The summed E-state index contributed by atoms with van der Waals surface area (Å²) < 4.78 is 33.3. The summed E-state index contributed by atoms with van der Waals surface area (Å²) in [4.78, 5) is 29.1. The minimum atomic E-state index is -3.49. The van der Waals surface area contributed by atoms with Crippen LogP contribution in [0.25, 0.3) is 11.1 Å². The maximum Gasteiger partial charge on any atom is 0.408 e. The van der Waals surface area contributed by atoms with Crippen LogP contribution < -0.4 is 5.32 Å². The lowest BCUT2D eigenvalue weighted by Gasteiger charge is -2.19. The van der Waals surface area contributed by atoms with E-state index in [1.54, 1.807) is 32.9 Å². The fourth-order valence-corrected chi connectivity index (χ4v) is 5.81. The molecule has 1 unspecified atom stereocenters. The van der Waals surface area contributed by atoms with E-state index in [4.69, 9.17) is 14.3 Å². The Labute approximate surface area is 216 Å². The van der Waals surface area contributed by atoms with Gasteiger partial charge in [-0.1, -0.05) is 43.7 Å². The smallest absolute Gasteiger partial charge is 0.408 e. The van der Waals surface area contributed by atoms with Crippen LogP contribution in [0, 0.1) is 4.78 Å². The SMILES string of the molecule is CCCCOC(=O)c1cc(-c2ccccc2)cc(S(=N)(=O)c2cnc(CNC(=O)OC(C)(C)C)s2)c1. The molecule has 0 bridgehead atoms. The third kappa shape index (κ3) is 7.38. The number of rotatable bonds is 9. The van der Waals surface area contributed by atoms with Crippen molar-refractivity contribution in [1.82, 2.24) is 10.3 Å². The molecule has 0 spiro atoms. The average Bonchev–Trinajstić information content (AvgIpc) is 3.32. The zero-order valence-corrected chi connectivity index (χ0v) is 22.5. The van der Waals surface area contributed by atoms with E-state index in [-0.39, 0.29) is 21.2 Å². The molecule has 0 aliphatic heterocycles. The Bertz CT molecular complexity index is 1310. The highest BCUT2D eigenvalue weighted by Crippen LogP contribution is 2.31. The molecule has 0 saturated heterocycles. The van der Waals surface area contributed by atoms with Gasteiger partial charge in [0.1, 0.15) is 24.5 Å². The molecule has 1 atom stereocenters. The van der Waals surface area contributed by atoms with Crippen molar-refractivity contribution in [1.29, 1.82) is 4.78 Å². The first-order valence-corrected chi connectivity index (χ1v) is 13.9. The number of hydrogen-bond donors (Lipinski definition) is 2. The zero-order valence-electron chi connectivity index (χ0n) is 20.8. The number of hydrogen-bond acceptors (Lipinski definition) is 8. The lowest BCUT2D eigenvalue weighted by Crippen LogP contribution is -2.32. The molecule has 1 heterocycles. The van der Waals surface area contributed by atoms with Crippen molar-refractivity contribution in [2.24, 2.45) is 0 Å². The summed E-state index contributed by atoms with van der Waals surface area (Å²) in [5, 5.41) is 3.09. The van der Waals surface area contributed by atoms with Gasteiger partial charge in [-0.2, -0.15) is 0 Å². The Balaban J connectivity index is 1.90. The van der Waals surface area contributed by atoms with Crippen molar-refractivity contribution in [3.05, 3.63) is 65.3 Å². The van der Waals surface area contributed by atoms with Crippen molar-refractivity contribution >= 4 is 33.1 Å². The number of nitrogens with zero attached hydrogens (tertiary/aromatic N) is 1. The maximum absolute atomic E-state index is 13.7. The Hall–Kier alpha value is -3.24. The molecular formula is C26H31N3O5S2. The van der Waals surface area contributed by atoms with Crippen LogP contribution >= 0.6 is 11.3 Å². The molecule has 0 aliphatic rings. The topological polar surface area (TPSA) is 118 Å². The molecule has 0 aliphatic carbocycles. The molecule has 0 saturated carbocycles. The number of thiazole rings is 1. The minimum Gasteiger partial charge on any atom is -0.462 e. The highest BCUT2D eigenvalue weighted by molar-refractivity contribution is 7.94. The van der Waals surface area contributed by atoms with Gasteiger partial charge in [0.15, 0.2) is 0 Å². The van der Waals surface area contributed by atoms with E-state index in [2.05, 4.69) is 10.3 Å². The van der Waals surface area contributed by atoms with Gasteiger partial charge >= 0.3 is 12.1 Å². The van der Waals surface area contributed by atoms with Crippen LogP contribution in [-0.2, 0) is 25.7 Å². The van der Waals surface area contributed by atoms with E-state index in [1.165, 1.54) is 12.3 Å². The molecule has 2 N–H and O–H groups in total. The van der Waals surface area contributed by atoms with E-state index < -0.39 is 27.4 Å². The summed E-state index contributed by atoms with van der Waals surface area (Å²) in [7, 11) is -3.49. The Kier molecular flexibility index (Phi) is 8.86. The van der Waals surface area contributed by atoms with E-state index in [0.29, 0.717) is 17.2 Å². The van der Waals surface area contributed by atoms with E-state index >= 15 is 0 Å². The van der Waals surface area contributed by atoms with Gasteiger partial charge < -0.3 is 14.8 Å². The Morgan fingerprint density at radius 1 is 1.11 bits per heavy atom. The lowest BCUT2D eigenvalue weighted by atomic mass is 10.0. The summed E-state index contributed by atoms with van der Waals surface area (Å²) in [6.45, 7) is 7.67. The van der Waals surface area contributed by atoms with E-state index in [0.717, 1.165) is 29.7 Å². The molecule has 1 amide bonds. The number of carbonyl (C=O) groups is 2. The number of ether oxygens (including phenoxy) is 2. The maximum atomic E-state index is 13.7. The highest BCUT2D eigenvalue weighted by atomic mass is 32.2. The zero-order chi connectivity index (χ0) is 26.3. The molecule has 2 aromatic carbocycles. The van der Waals surface area contributed by atoms with Crippen molar-refractivity contribution in [2.75, 3.05) is 6.61 Å². The van der Waals surface area contributed by atoms with Crippen LogP contribution in [0.4, 0.5) is 4.79 Å². The molecule has 10 heteroatoms. The third-order valence-electron chi connectivity index (χ3n) is 4.91. The fraction of sp³-hybridized carbons (Fsp3) is 0.346. The first kappa shape index (κ1) is 27.3. The first-order valence-electron chi connectivity index (χ1n) is 11.6. The van der Waals surface area contributed by atoms with Crippen molar-refractivity contribution in [3.63, 3.8) is 0 Å². The number of carbonyl (C=O) groups excluding carboxylic acids is 2. The number of aromatic nitrogens is 1. The second-order valence-electron chi connectivity index (χ2n) is 9.09. The molecule has 0 fully saturated rings. The number of alkyl carbamates (subject to hydrolysis) is 1. The van der Waals surface area contributed by atoms with Gasteiger partial charge in [-0.15, -0.1) is 11.3 Å². The second kappa shape index (κ2) is 11.7. The van der Waals surface area contributed by atoms with Crippen LogP contribution in [-0.4, -0.2) is 33.5 Å². The van der Waals surface area contributed by atoms with Crippen molar-refractivity contribution in [2.45, 2.75) is 61.8 Å². The first-order chi connectivity index (χ1) is 17.0. The number of esters is 1. The van der Waals surface area contributed by atoms with Gasteiger partial charge in [-0.05, 0) is 56.5 Å². The van der Waals surface area contributed by atoms with Crippen molar-refractivity contribution < 1.29 is 23.3 Å². The Morgan fingerprint density at radius 2 is 1.83 bits per heavy atom. The second-order valence-corrected chi connectivity index (χ2v) is 12.5. The van der Waals surface area contributed by atoms with Crippen LogP contribution in [0.3, 0.4) is 0 Å². The fourth-order valence-electron chi connectivity index (χ4n) is 3.16. The van der Waals surface area contributed by atoms with Gasteiger partial charge in [0.2, 0.25) is 0 Å². The predicted octanol–water partition coefficient (Wildman–Crippen LogP) is 6.26. The standard InChI is InChI=1S/C26H31N3O5S2/c1-5-6-12-33-24(30)20-13-19(18-10-8-7-9-11-18)14-21(15-20)36(27,32)23-17-28-22(35-23)16-29-25(31)34-26(2,3)4/h7-11,13-15,17,27H,5-6,12,16H2,1-4H3,(H,29,31). The highest BCUT2D eigenvalue weighted by Gasteiger charge is 2.22. The van der Waals surface area contributed by atoms with Crippen molar-refractivity contribution in [3.8, 4) is 11.1 Å². The van der Waals surface area contributed by atoms with Crippen LogP contribution in [0.15, 0.2) is 63.8 Å². The van der Waals surface area contributed by atoms with Gasteiger partial charge in [0.05, 0.1) is 29.8 Å². The summed E-state index contributed by atoms with van der Waals surface area (Å²) in [5.74, 6) is -0.524. The summed E-state index contributed by atoms with van der Waals surface area (Å²) in [5.41, 5.74) is 1.08. The number of amides is 1. The lowest BCUT2D eigenvalue weighted by molar-refractivity contribution is 0.0495. The Morgan fingerprint density at radius 3 is 2.50 bits per heavy atom. The van der Waals surface area contributed by atoms with E-state index in [9.17, 15) is 13.8 Å². The van der Waals surface area contributed by atoms with E-state index in [1.807, 2.05) is 37.3 Å². The molecule has 1 aromatic heterocycles. The molecule has 0 radical (unpaired) electrons. The summed E-state index contributed by atoms with van der Waals surface area (Å²) in [6, 6.07) is 14.2. The largest absolute Gasteiger partial charge is 0.462 e. The molecule has 192 valence electrons. The van der Waals surface area contributed by atoms with Crippen LogP contribution in [0.1, 0.15) is 55.9 Å². The quantitative estimate of drug-likeness (QED) is 0.250. The molecule has 36 heavy (non-hydrogen) atoms. The molecule has 8 nitrogen and oxygen atoms in total. The third-order valence-corrected chi connectivity index (χ3v) is 8.23. The number of benzene rings is 2.